The van der Waals surface area contributed by atoms with Crippen molar-refractivity contribution in [2.45, 2.75) is 24.9 Å². The number of hydrogen-bond acceptors (Lipinski definition) is 6. The Labute approximate surface area is 147 Å². The highest BCUT2D eigenvalue weighted by molar-refractivity contribution is 5.90. The summed E-state index contributed by atoms with van der Waals surface area (Å²) in [5.74, 6) is 1.28. The lowest BCUT2D eigenvalue weighted by molar-refractivity contribution is -0.134. The molecule has 0 spiro atoms. The fourth-order valence-electron chi connectivity index (χ4n) is 3.26. The lowest BCUT2D eigenvalue weighted by Gasteiger charge is -2.39. The largest absolute Gasteiger partial charge is 0.388 e. The second kappa shape index (κ2) is 6.84. The van der Waals surface area contributed by atoms with E-state index in [0.29, 0.717) is 18.9 Å². The molecule has 25 heavy (non-hydrogen) atoms. The molecule has 0 aliphatic carbocycles. The molecule has 7 nitrogen and oxygen atoms in total. The topological polar surface area (TPSA) is 81.6 Å². The van der Waals surface area contributed by atoms with Gasteiger partial charge in [0.1, 0.15) is 5.82 Å². The van der Waals surface area contributed by atoms with E-state index in [2.05, 4.69) is 15.3 Å². The van der Waals surface area contributed by atoms with Crippen LogP contribution in [0.25, 0.3) is 10.9 Å². The molecular formula is C18H25N5O2. The number of nitrogens with zero attached hydrogens (tertiary/aromatic N) is 4. The van der Waals surface area contributed by atoms with Gasteiger partial charge >= 0.3 is 0 Å². The molecule has 1 aromatic heterocycles. The standard InChI is InChI=1S/C18H25N5O2/c1-19-16-13-7-4-5-8-14(13)20-17(21-16)23-10-6-9-18(25,12-23)11-15(24)22(2)3/h4-5,7-8,25H,6,9-12H2,1-3H3,(H,19,20,21). The van der Waals surface area contributed by atoms with Crippen LogP contribution in [0.1, 0.15) is 19.3 Å². The Balaban J connectivity index is 1.88. The Hall–Kier alpha value is -2.41. The van der Waals surface area contributed by atoms with Crippen molar-refractivity contribution in [3.8, 4) is 0 Å². The van der Waals surface area contributed by atoms with Crippen LogP contribution in [-0.4, -0.2) is 65.7 Å². The molecular weight excluding hydrogens is 318 g/mol. The number of nitrogens with one attached hydrogen (secondary N) is 1. The molecule has 1 amide bonds. The van der Waals surface area contributed by atoms with Gasteiger partial charge in [-0.3, -0.25) is 4.79 Å². The Morgan fingerprint density at radius 3 is 2.84 bits per heavy atom. The summed E-state index contributed by atoms with van der Waals surface area (Å²) < 4.78 is 0. The van der Waals surface area contributed by atoms with Crippen molar-refractivity contribution in [1.82, 2.24) is 14.9 Å². The number of β-amino-alcohol motifs (C(OH)–C–C–N with tert-alkyl or cyclic N) is 1. The number of aliphatic hydroxyl groups is 1. The van der Waals surface area contributed by atoms with Gasteiger partial charge in [0, 0.05) is 33.1 Å². The van der Waals surface area contributed by atoms with Crippen molar-refractivity contribution >= 4 is 28.6 Å². The summed E-state index contributed by atoms with van der Waals surface area (Å²) in [6, 6.07) is 7.83. The number of aromatic nitrogens is 2. The van der Waals surface area contributed by atoms with Crippen LogP contribution in [0.5, 0.6) is 0 Å². The maximum absolute atomic E-state index is 12.0. The Bertz CT molecular complexity index is 779. The zero-order valence-electron chi connectivity index (χ0n) is 15.0. The number of anilines is 2. The van der Waals surface area contributed by atoms with Gasteiger partial charge < -0.3 is 20.2 Å². The van der Waals surface area contributed by atoms with Crippen LogP contribution in [0.15, 0.2) is 24.3 Å². The maximum Gasteiger partial charge on any atom is 0.227 e. The molecule has 1 atom stereocenters. The number of benzene rings is 1. The molecule has 134 valence electrons. The van der Waals surface area contributed by atoms with Gasteiger partial charge in [0.2, 0.25) is 11.9 Å². The van der Waals surface area contributed by atoms with Gasteiger partial charge in [0.25, 0.3) is 0 Å². The van der Waals surface area contributed by atoms with Gasteiger partial charge in [0.05, 0.1) is 24.1 Å². The molecule has 3 rings (SSSR count). The molecule has 1 fully saturated rings. The van der Waals surface area contributed by atoms with E-state index in [4.69, 9.17) is 0 Å². The minimum absolute atomic E-state index is 0.0697. The van der Waals surface area contributed by atoms with E-state index in [0.717, 1.165) is 29.7 Å². The van der Waals surface area contributed by atoms with Crippen LogP contribution in [0.3, 0.4) is 0 Å². The van der Waals surface area contributed by atoms with E-state index in [-0.39, 0.29) is 12.3 Å². The predicted octanol–water partition coefficient (Wildman–Crippen LogP) is 1.48. The van der Waals surface area contributed by atoms with Gasteiger partial charge in [-0.05, 0) is 25.0 Å². The van der Waals surface area contributed by atoms with E-state index < -0.39 is 5.60 Å². The monoisotopic (exact) mass is 343 g/mol. The first-order valence-corrected chi connectivity index (χ1v) is 8.54. The van der Waals surface area contributed by atoms with E-state index in [1.54, 1.807) is 14.1 Å². The summed E-state index contributed by atoms with van der Waals surface area (Å²) in [5, 5.41) is 15.0. The first-order valence-electron chi connectivity index (χ1n) is 8.54. The van der Waals surface area contributed by atoms with Crippen LogP contribution in [0, 0.1) is 0 Å². The fraction of sp³-hybridized carbons (Fsp3) is 0.500. The molecule has 2 aromatic rings. The average Bonchev–Trinajstić information content (AvgIpc) is 2.60. The summed E-state index contributed by atoms with van der Waals surface area (Å²) >= 11 is 0. The van der Waals surface area contributed by atoms with Gasteiger partial charge in [-0.25, -0.2) is 4.98 Å². The minimum atomic E-state index is -1.05. The van der Waals surface area contributed by atoms with E-state index in [1.165, 1.54) is 4.90 Å². The molecule has 1 aliphatic rings. The molecule has 7 heteroatoms. The molecule has 0 radical (unpaired) electrons. The number of hydrogen-bond donors (Lipinski definition) is 2. The van der Waals surface area contributed by atoms with Crippen LogP contribution in [0.2, 0.25) is 0 Å². The van der Waals surface area contributed by atoms with E-state index in [9.17, 15) is 9.90 Å². The van der Waals surface area contributed by atoms with Gasteiger partial charge in [-0.2, -0.15) is 4.98 Å². The number of amides is 1. The second-order valence-corrected chi connectivity index (χ2v) is 6.85. The van der Waals surface area contributed by atoms with Gasteiger partial charge in [0.15, 0.2) is 0 Å². The van der Waals surface area contributed by atoms with Crippen molar-refractivity contribution in [2.75, 3.05) is 44.4 Å². The number of carbonyl (C=O) groups excluding carboxylic acids is 1. The quantitative estimate of drug-likeness (QED) is 0.875. The van der Waals surface area contributed by atoms with Crippen LogP contribution < -0.4 is 10.2 Å². The maximum atomic E-state index is 12.0. The second-order valence-electron chi connectivity index (χ2n) is 6.85. The molecule has 0 saturated carbocycles. The molecule has 1 aromatic carbocycles. The van der Waals surface area contributed by atoms with Crippen molar-refractivity contribution in [2.24, 2.45) is 0 Å². The van der Waals surface area contributed by atoms with Gasteiger partial charge in [-0.15, -0.1) is 0 Å². The van der Waals surface area contributed by atoms with Crippen molar-refractivity contribution in [3.63, 3.8) is 0 Å². The lowest BCUT2D eigenvalue weighted by atomic mass is 9.89. The number of fused-ring (bicyclic) bond motifs is 1. The highest BCUT2D eigenvalue weighted by atomic mass is 16.3. The van der Waals surface area contributed by atoms with Crippen molar-refractivity contribution in [1.29, 1.82) is 0 Å². The third-order valence-corrected chi connectivity index (χ3v) is 4.65. The first kappa shape index (κ1) is 17.4. The average molecular weight is 343 g/mol. The molecule has 1 unspecified atom stereocenters. The van der Waals surface area contributed by atoms with Crippen molar-refractivity contribution < 1.29 is 9.90 Å². The first-order chi connectivity index (χ1) is 11.9. The Morgan fingerprint density at radius 1 is 1.36 bits per heavy atom. The van der Waals surface area contributed by atoms with E-state index >= 15 is 0 Å². The molecule has 0 bridgehead atoms. The highest BCUT2D eigenvalue weighted by Crippen LogP contribution is 2.29. The molecule has 1 saturated heterocycles. The summed E-state index contributed by atoms with van der Waals surface area (Å²) in [6.45, 7) is 1.12. The minimum Gasteiger partial charge on any atom is -0.388 e. The SMILES string of the molecule is CNc1nc(N2CCCC(O)(CC(=O)N(C)C)C2)nc2ccccc12. The number of para-hydroxylation sites is 1. The number of rotatable bonds is 4. The third-order valence-electron chi connectivity index (χ3n) is 4.65. The summed E-state index contributed by atoms with van der Waals surface area (Å²) in [5.41, 5.74) is -0.190. The zero-order valence-corrected chi connectivity index (χ0v) is 15.0. The van der Waals surface area contributed by atoms with Crippen LogP contribution in [0.4, 0.5) is 11.8 Å². The normalized spacial score (nSPS) is 20.6. The summed E-state index contributed by atoms with van der Waals surface area (Å²) in [7, 11) is 5.25. The molecule has 2 heterocycles. The molecule has 2 N–H and O–H groups in total. The third kappa shape index (κ3) is 3.66. The summed E-state index contributed by atoms with van der Waals surface area (Å²) in [4.78, 5) is 24.8. The predicted molar refractivity (Wildman–Crippen MR) is 98.8 cm³/mol. The lowest BCUT2D eigenvalue weighted by Crippen LogP contribution is -2.51. The number of piperidine rings is 1. The van der Waals surface area contributed by atoms with Crippen molar-refractivity contribution in [3.05, 3.63) is 24.3 Å². The molecule has 1 aliphatic heterocycles. The van der Waals surface area contributed by atoms with E-state index in [1.807, 2.05) is 36.2 Å². The van der Waals surface area contributed by atoms with Crippen LogP contribution in [-0.2, 0) is 4.79 Å². The zero-order chi connectivity index (χ0) is 18.0. The smallest absolute Gasteiger partial charge is 0.227 e. The Morgan fingerprint density at radius 2 is 2.12 bits per heavy atom. The van der Waals surface area contributed by atoms with Crippen LogP contribution >= 0.6 is 0 Å². The fourth-order valence-corrected chi connectivity index (χ4v) is 3.26. The highest BCUT2D eigenvalue weighted by Gasteiger charge is 2.36. The van der Waals surface area contributed by atoms with Gasteiger partial charge in [-0.1, -0.05) is 12.1 Å². The summed E-state index contributed by atoms with van der Waals surface area (Å²) in [6.07, 6.45) is 1.51. The Kier molecular flexibility index (Phi) is 4.76. The number of carbonyl (C=O) groups is 1.